The number of hydrogen-bond acceptors (Lipinski definition) is 4. The van der Waals surface area contributed by atoms with Crippen molar-refractivity contribution in [3.63, 3.8) is 0 Å². The van der Waals surface area contributed by atoms with Crippen LogP contribution in [0.4, 0.5) is 10.5 Å². The first-order chi connectivity index (χ1) is 10.6. The lowest BCUT2D eigenvalue weighted by Crippen LogP contribution is -2.32. The van der Waals surface area contributed by atoms with Gasteiger partial charge in [0.25, 0.3) is 0 Å². The summed E-state index contributed by atoms with van der Waals surface area (Å²) in [5.74, 6) is 2.34. The van der Waals surface area contributed by atoms with Gasteiger partial charge in [-0.3, -0.25) is 4.90 Å². The van der Waals surface area contributed by atoms with Crippen molar-refractivity contribution >= 4 is 40.7 Å². The first-order valence-electron chi connectivity index (χ1n) is 7.55. The maximum absolute atomic E-state index is 12.1. The summed E-state index contributed by atoms with van der Waals surface area (Å²) in [6.07, 6.45) is 1.77. The zero-order chi connectivity index (χ0) is 15.5. The molecule has 2 aliphatic rings. The molecule has 0 saturated carbocycles. The van der Waals surface area contributed by atoms with E-state index in [9.17, 15) is 4.79 Å². The molecule has 4 nitrogen and oxygen atoms in total. The molecule has 1 unspecified atom stereocenters. The maximum atomic E-state index is 12.1. The van der Waals surface area contributed by atoms with Gasteiger partial charge in [0, 0.05) is 5.69 Å². The highest BCUT2D eigenvalue weighted by atomic mass is 32.2. The second kappa shape index (κ2) is 6.87. The van der Waals surface area contributed by atoms with Gasteiger partial charge in [-0.1, -0.05) is 18.3 Å². The first kappa shape index (κ1) is 15.6. The number of nitrogens with zero attached hydrogens (tertiary/aromatic N) is 1. The number of aryl methyl sites for hydroxylation is 2. The standard InChI is InChI=1S/C16H20N2O2S2/c1-11(21)17-9-15-10-18(16(19)20-15)14-3-2-12-4-6-22-7-5-13(12)8-14/h2-3,8,15H,4-7,9-10H2,1H3,(H,17,21). The molecule has 118 valence electrons. The molecular weight excluding hydrogens is 316 g/mol. The molecule has 1 aromatic carbocycles. The van der Waals surface area contributed by atoms with E-state index in [1.54, 1.807) is 4.90 Å². The fraction of sp³-hybridized carbons (Fsp3) is 0.500. The molecule has 1 fully saturated rings. The number of anilines is 1. The molecule has 22 heavy (non-hydrogen) atoms. The normalized spacial score (nSPS) is 21.0. The zero-order valence-electron chi connectivity index (χ0n) is 12.6. The fourth-order valence-electron chi connectivity index (χ4n) is 2.82. The molecule has 1 N–H and O–H groups in total. The van der Waals surface area contributed by atoms with Crippen LogP contribution in [0.2, 0.25) is 0 Å². The van der Waals surface area contributed by atoms with Gasteiger partial charge in [-0.25, -0.2) is 4.79 Å². The number of carbonyl (C=O) groups excluding carboxylic acids is 1. The van der Waals surface area contributed by atoms with Crippen LogP contribution >= 0.6 is 24.0 Å². The Kier molecular flexibility index (Phi) is 4.88. The van der Waals surface area contributed by atoms with Crippen LogP contribution in [0.15, 0.2) is 18.2 Å². The van der Waals surface area contributed by atoms with Crippen LogP contribution in [-0.4, -0.2) is 41.8 Å². The quantitative estimate of drug-likeness (QED) is 0.860. The van der Waals surface area contributed by atoms with E-state index in [4.69, 9.17) is 17.0 Å². The molecule has 1 atom stereocenters. The van der Waals surface area contributed by atoms with Crippen molar-refractivity contribution in [3.8, 4) is 0 Å². The van der Waals surface area contributed by atoms with Crippen molar-refractivity contribution in [3.05, 3.63) is 29.3 Å². The summed E-state index contributed by atoms with van der Waals surface area (Å²) in [4.78, 5) is 14.5. The smallest absolute Gasteiger partial charge is 0.414 e. The molecule has 0 aliphatic carbocycles. The molecule has 1 saturated heterocycles. The van der Waals surface area contributed by atoms with Gasteiger partial charge in [0.1, 0.15) is 6.10 Å². The lowest BCUT2D eigenvalue weighted by molar-refractivity contribution is 0.143. The van der Waals surface area contributed by atoms with Crippen molar-refractivity contribution in [1.29, 1.82) is 0 Å². The van der Waals surface area contributed by atoms with Gasteiger partial charge in [0.05, 0.1) is 18.1 Å². The summed E-state index contributed by atoms with van der Waals surface area (Å²) >= 11 is 6.99. The molecule has 6 heteroatoms. The number of hydrogen-bond donors (Lipinski definition) is 1. The number of cyclic esters (lactones) is 1. The van der Waals surface area contributed by atoms with Crippen LogP contribution in [0.5, 0.6) is 0 Å². The van der Waals surface area contributed by atoms with Gasteiger partial charge in [0.2, 0.25) is 0 Å². The highest BCUT2D eigenvalue weighted by molar-refractivity contribution is 7.99. The van der Waals surface area contributed by atoms with E-state index in [0.717, 1.165) is 29.3 Å². The van der Waals surface area contributed by atoms with Gasteiger partial charge in [0.15, 0.2) is 0 Å². The molecular formula is C16H20N2O2S2. The summed E-state index contributed by atoms with van der Waals surface area (Å²) in [7, 11) is 0. The second-order valence-corrected chi connectivity index (χ2v) is 7.46. The van der Waals surface area contributed by atoms with Crippen LogP contribution in [0.1, 0.15) is 18.1 Å². The highest BCUT2D eigenvalue weighted by Crippen LogP contribution is 2.27. The van der Waals surface area contributed by atoms with Crippen molar-refractivity contribution < 1.29 is 9.53 Å². The lowest BCUT2D eigenvalue weighted by Gasteiger charge is -2.16. The number of ether oxygens (including phenoxy) is 1. The van der Waals surface area contributed by atoms with Crippen molar-refractivity contribution in [1.82, 2.24) is 5.32 Å². The molecule has 3 rings (SSSR count). The monoisotopic (exact) mass is 336 g/mol. The van der Waals surface area contributed by atoms with Gasteiger partial charge in [-0.15, -0.1) is 0 Å². The Bertz CT molecular complexity index is 592. The van der Waals surface area contributed by atoms with E-state index in [2.05, 4.69) is 17.4 Å². The van der Waals surface area contributed by atoms with Crippen molar-refractivity contribution in [2.24, 2.45) is 0 Å². The molecule has 0 radical (unpaired) electrons. The van der Waals surface area contributed by atoms with Gasteiger partial charge in [-0.2, -0.15) is 11.8 Å². The Labute approximate surface area is 140 Å². The number of thiocarbonyl (C=S) groups is 1. The maximum Gasteiger partial charge on any atom is 0.414 e. The number of fused-ring (bicyclic) bond motifs is 1. The minimum atomic E-state index is -0.267. The highest BCUT2D eigenvalue weighted by Gasteiger charge is 2.32. The number of rotatable bonds is 3. The number of thioether (sulfide) groups is 1. The van der Waals surface area contributed by atoms with Crippen LogP contribution in [0.25, 0.3) is 0 Å². The molecule has 0 aromatic heterocycles. The Morgan fingerprint density at radius 3 is 2.95 bits per heavy atom. The van der Waals surface area contributed by atoms with Crippen molar-refractivity contribution in [2.45, 2.75) is 25.9 Å². The number of amides is 1. The Morgan fingerprint density at radius 1 is 1.41 bits per heavy atom. The van der Waals surface area contributed by atoms with Gasteiger partial charge in [-0.05, 0) is 54.5 Å². The Morgan fingerprint density at radius 2 is 2.18 bits per heavy atom. The van der Waals surface area contributed by atoms with Crippen molar-refractivity contribution in [2.75, 3.05) is 29.5 Å². The van der Waals surface area contributed by atoms with E-state index in [-0.39, 0.29) is 12.2 Å². The Balaban J connectivity index is 1.72. The number of carbonyl (C=O) groups is 1. The van der Waals surface area contributed by atoms with Crippen LogP contribution < -0.4 is 10.2 Å². The number of benzene rings is 1. The zero-order valence-corrected chi connectivity index (χ0v) is 14.3. The predicted molar refractivity (Wildman–Crippen MR) is 95.1 cm³/mol. The van der Waals surface area contributed by atoms with E-state index < -0.39 is 0 Å². The van der Waals surface area contributed by atoms with Gasteiger partial charge < -0.3 is 10.1 Å². The first-order valence-corrected chi connectivity index (χ1v) is 9.12. The van der Waals surface area contributed by atoms with E-state index >= 15 is 0 Å². The largest absolute Gasteiger partial charge is 0.442 e. The van der Waals surface area contributed by atoms with Crippen LogP contribution in [0.3, 0.4) is 0 Å². The molecule has 1 aromatic rings. The third-order valence-electron chi connectivity index (χ3n) is 3.99. The fourth-order valence-corrected chi connectivity index (χ4v) is 3.84. The molecule has 2 aliphatic heterocycles. The topological polar surface area (TPSA) is 41.6 Å². The molecule has 0 spiro atoms. The van der Waals surface area contributed by atoms with Gasteiger partial charge >= 0.3 is 6.09 Å². The SMILES string of the molecule is CC(=S)NCC1CN(c2ccc3c(c2)CCSCC3)C(=O)O1. The summed E-state index contributed by atoms with van der Waals surface area (Å²) in [5, 5.41) is 3.06. The van der Waals surface area contributed by atoms with E-state index in [1.165, 1.54) is 16.9 Å². The Hall–Kier alpha value is -1.27. The number of nitrogens with one attached hydrogen (secondary N) is 1. The van der Waals surface area contributed by atoms with E-state index in [1.807, 2.05) is 24.8 Å². The third kappa shape index (κ3) is 3.55. The second-order valence-electron chi connectivity index (χ2n) is 5.62. The molecule has 0 bridgehead atoms. The summed E-state index contributed by atoms with van der Waals surface area (Å²) in [6.45, 7) is 2.97. The summed E-state index contributed by atoms with van der Waals surface area (Å²) < 4.78 is 5.41. The van der Waals surface area contributed by atoms with Crippen LogP contribution in [-0.2, 0) is 17.6 Å². The van der Waals surface area contributed by atoms with Crippen LogP contribution in [0, 0.1) is 0 Å². The third-order valence-corrected chi connectivity index (χ3v) is 5.12. The minimum Gasteiger partial charge on any atom is -0.442 e. The lowest BCUT2D eigenvalue weighted by atomic mass is 10.0. The average Bonchev–Trinajstić information content (AvgIpc) is 2.71. The predicted octanol–water partition coefficient (Wildman–Crippen LogP) is 2.78. The summed E-state index contributed by atoms with van der Waals surface area (Å²) in [5.41, 5.74) is 3.72. The minimum absolute atomic E-state index is 0.153. The molecule has 1 amide bonds. The van der Waals surface area contributed by atoms with E-state index in [0.29, 0.717) is 13.1 Å². The summed E-state index contributed by atoms with van der Waals surface area (Å²) in [6, 6.07) is 6.36. The average molecular weight is 336 g/mol. The molecule has 2 heterocycles.